The van der Waals surface area contributed by atoms with Crippen molar-refractivity contribution in [2.24, 2.45) is 0 Å². The Labute approximate surface area is 123 Å². The molecule has 0 spiro atoms. The fourth-order valence-corrected chi connectivity index (χ4v) is 2.16. The van der Waals surface area contributed by atoms with Crippen LogP contribution in [0.1, 0.15) is 5.56 Å². The van der Waals surface area contributed by atoms with Crippen molar-refractivity contribution in [3.05, 3.63) is 56.5 Å². The van der Waals surface area contributed by atoms with Crippen molar-refractivity contribution in [1.82, 2.24) is 0 Å². The molecular formula is C13H6BrCl2NO. The average Bonchev–Trinajstić information content (AvgIpc) is 2.33. The van der Waals surface area contributed by atoms with E-state index in [2.05, 4.69) is 22.0 Å². The van der Waals surface area contributed by atoms with E-state index in [9.17, 15) is 0 Å². The van der Waals surface area contributed by atoms with Gasteiger partial charge in [0.05, 0.1) is 16.7 Å². The fourth-order valence-electron chi connectivity index (χ4n) is 1.37. The van der Waals surface area contributed by atoms with Crippen LogP contribution in [0.5, 0.6) is 11.5 Å². The van der Waals surface area contributed by atoms with Crippen molar-refractivity contribution in [1.29, 1.82) is 5.26 Å². The molecule has 2 rings (SSSR count). The maximum atomic E-state index is 8.88. The first-order chi connectivity index (χ1) is 8.58. The van der Waals surface area contributed by atoms with Crippen LogP contribution in [0.25, 0.3) is 0 Å². The lowest BCUT2D eigenvalue weighted by atomic mass is 10.2. The van der Waals surface area contributed by atoms with Crippen molar-refractivity contribution in [3.8, 4) is 17.6 Å². The SMILES string of the molecule is N#Cc1cc(Br)cc(Oc2cc(Cl)ccc2Cl)c1. The van der Waals surface area contributed by atoms with Crippen LogP contribution in [0.3, 0.4) is 0 Å². The van der Waals surface area contributed by atoms with Crippen molar-refractivity contribution >= 4 is 39.1 Å². The van der Waals surface area contributed by atoms with Gasteiger partial charge in [-0.15, -0.1) is 0 Å². The molecular weight excluding hydrogens is 337 g/mol. The lowest BCUT2D eigenvalue weighted by molar-refractivity contribution is 0.482. The van der Waals surface area contributed by atoms with Gasteiger partial charge in [0.15, 0.2) is 0 Å². The van der Waals surface area contributed by atoms with Gasteiger partial charge >= 0.3 is 0 Å². The van der Waals surface area contributed by atoms with E-state index in [0.717, 1.165) is 4.47 Å². The number of rotatable bonds is 2. The zero-order chi connectivity index (χ0) is 13.1. The van der Waals surface area contributed by atoms with Crippen LogP contribution in [0.2, 0.25) is 10.0 Å². The van der Waals surface area contributed by atoms with E-state index in [0.29, 0.717) is 27.1 Å². The lowest BCUT2D eigenvalue weighted by Gasteiger charge is -2.08. The first kappa shape index (κ1) is 13.2. The molecule has 0 unspecified atom stereocenters. The van der Waals surface area contributed by atoms with Crippen LogP contribution in [0.15, 0.2) is 40.9 Å². The summed E-state index contributed by atoms with van der Waals surface area (Å²) >= 11 is 15.2. The molecule has 2 aromatic rings. The zero-order valence-electron chi connectivity index (χ0n) is 8.95. The second-order valence-corrected chi connectivity index (χ2v) is 5.22. The fraction of sp³-hybridized carbons (Fsp3) is 0. The van der Waals surface area contributed by atoms with Crippen LogP contribution in [-0.4, -0.2) is 0 Å². The molecule has 90 valence electrons. The summed E-state index contributed by atoms with van der Waals surface area (Å²) in [5.41, 5.74) is 0.498. The molecule has 0 aliphatic heterocycles. The van der Waals surface area contributed by atoms with Crippen LogP contribution in [0, 0.1) is 11.3 Å². The van der Waals surface area contributed by atoms with Crippen molar-refractivity contribution < 1.29 is 4.74 Å². The van der Waals surface area contributed by atoms with E-state index in [1.165, 1.54) is 0 Å². The van der Waals surface area contributed by atoms with Crippen LogP contribution in [0.4, 0.5) is 0 Å². The van der Waals surface area contributed by atoms with Gasteiger partial charge in [0, 0.05) is 15.6 Å². The molecule has 0 aromatic heterocycles. The highest BCUT2D eigenvalue weighted by molar-refractivity contribution is 9.10. The number of nitrogens with zero attached hydrogens (tertiary/aromatic N) is 1. The number of nitriles is 1. The van der Waals surface area contributed by atoms with Gasteiger partial charge in [0.1, 0.15) is 11.5 Å². The summed E-state index contributed by atoms with van der Waals surface area (Å²) in [6, 6.07) is 12.1. The molecule has 2 aromatic carbocycles. The van der Waals surface area contributed by atoms with Gasteiger partial charge in [-0.3, -0.25) is 0 Å². The number of benzene rings is 2. The molecule has 0 saturated carbocycles. The Bertz CT molecular complexity index is 637. The van der Waals surface area contributed by atoms with Crippen LogP contribution in [-0.2, 0) is 0 Å². The van der Waals surface area contributed by atoms with E-state index in [1.807, 2.05) is 0 Å². The monoisotopic (exact) mass is 341 g/mol. The molecule has 5 heteroatoms. The third-order valence-corrected chi connectivity index (χ3v) is 3.13. The maximum Gasteiger partial charge on any atom is 0.147 e. The van der Waals surface area contributed by atoms with Gasteiger partial charge < -0.3 is 4.74 Å². The number of hydrogen-bond acceptors (Lipinski definition) is 2. The Morgan fingerprint density at radius 1 is 1.11 bits per heavy atom. The van der Waals surface area contributed by atoms with E-state index in [4.69, 9.17) is 33.2 Å². The van der Waals surface area contributed by atoms with Gasteiger partial charge in [0.2, 0.25) is 0 Å². The normalized spacial score (nSPS) is 9.89. The minimum absolute atomic E-state index is 0.450. The second kappa shape index (κ2) is 5.62. The third-order valence-electron chi connectivity index (χ3n) is 2.12. The molecule has 0 amide bonds. The highest BCUT2D eigenvalue weighted by atomic mass is 79.9. The molecule has 2 nitrogen and oxygen atoms in total. The molecule has 0 bridgehead atoms. The van der Waals surface area contributed by atoms with E-state index in [-0.39, 0.29) is 0 Å². The van der Waals surface area contributed by atoms with Gasteiger partial charge in [-0.1, -0.05) is 39.1 Å². The van der Waals surface area contributed by atoms with Gasteiger partial charge in [-0.05, 0) is 30.3 Å². The molecule has 0 N–H and O–H groups in total. The van der Waals surface area contributed by atoms with Gasteiger partial charge in [0.25, 0.3) is 0 Å². The molecule has 0 heterocycles. The van der Waals surface area contributed by atoms with Crippen LogP contribution < -0.4 is 4.74 Å². The molecule has 18 heavy (non-hydrogen) atoms. The van der Waals surface area contributed by atoms with E-state index >= 15 is 0 Å². The summed E-state index contributed by atoms with van der Waals surface area (Å²) in [6.07, 6.45) is 0. The highest BCUT2D eigenvalue weighted by Crippen LogP contribution is 2.33. The molecule has 0 radical (unpaired) electrons. The molecule has 0 aliphatic rings. The Hall–Kier alpha value is -1.21. The second-order valence-electron chi connectivity index (χ2n) is 3.46. The minimum Gasteiger partial charge on any atom is -0.456 e. The Balaban J connectivity index is 2.37. The first-order valence-corrected chi connectivity index (χ1v) is 6.47. The summed E-state index contributed by atoms with van der Waals surface area (Å²) in [6.45, 7) is 0. The quantitative estimate of drug-likeness (QED) is 0.730. The van der Waals surface area contributed by atoms with E-state index < -0.39 is 0 Å². The minimum atomic E-state index is 0.450. The predicted octanol–water partition coefficient (Wildman–Crippen LogP) is 5.42. The molecule has 0 fully saturated rings. The van der Waals surface area contributed by atoms with Crippen LogP contribution >= 0.6 is 39.1 Å². The summed E-state index contributed by atoms with van der Waals surface area (Å²) in [4.78, 5) is 0. The Kier molecular flexibility index (Phi) is 4.13. The van der Waals surface area contributed by atoms with Crippen molar-refractivity contribution in [2.75, 3.05) is 0 Å². The molecule has 0 aliphatic carbocycles. The highest BCUT2D eigenvalue weighted by Gasteiger charge is 2.06. The van der Waals surface area contributed by atoms with Crippen molar-refractivity contribution in [2.45, 2.75) is 0 Å². The summed E-state index contributed by atoms with van der Waals surface area (Å²) in [5.74, 6) is 0.969. The Morgan fingerprint density at radius 3 is 2.61 bits per heavy atom. The summed E-state index contributed by atoms with van der Waals surface area (Å²) in [7, 11) is 0. The third kappa shape index (κ3) is 3.17. The number of hydrogen-bond donors (Lipinski definition) is 0. The smallest absolute Gasteiger partial charge is 0.147 e. The predicted molar refractivity (Wildman–Crippen MR) is 75.4 cm³/mol. The zero-order valence-corrected chi connectivity index (χ0v) is 12.1. The first-order valence-electron chi connectivity index (χ1n) is 4.92. The number of halogens is 3. The Morgan fingerprint density at radius 2 is 1.89 bits per heavy atom. The maximum absolute atomic E-state index is 8.88. The van der Waals surface area contributed by atoms with Gasteiger partial charge in [-0.25, -0.2) is 0 Å². The average molecular weight is 343 g/mol. The lowest BCUT2D eigenvalue weighted by Crippen LogP contribution is -1.87. The number of ether oxygens (including phenoxy) is 1. The van der Waals surface area contributed by atoms with E-state index in [1.54, 1.807) is 36.4 Å². The standard InChI is InChI=1S/C13H6BrCl2NO/c14-9-3-8(7-17)4-11(5-9)18-13-6-10(15)1-2-12(13)16/h1-6H. The summed E-state index contributed by atoms with van der Waals surface area (Å²) in [5, 5.41) is 9.87. The topological polar surface area (TPSA) is 33.0 Å². The molecule has 0 saturated heterocycles. The largest absolute Gasteiger partial charge is 0.456 e. The van der Waals surface area contributed by atoms with Gasteiger partial charge in [-0.2, -0.15) is 5.26 Å². The van der Waals surface area contributed by atoms with Crippen molar-refractivity contribution in [3.63, 3.8) is 0 Å². The summed E-state index contributed by atoms with van der Waals surface area (Å²) < 4.78 is 6.37. The molecule has 0 atom stereocenters.